The summed E-state index contributed by atoms with van der Waals surface area (Å²) < 4.78 is 30.2. The first-order valence-corrected chi connectivity index (χ1v) is 10.8. The minimum absolute atomic E-state index is 0. The van der Waals surface area contributed by atoms with Gasteiger partial charge in [-0.3, -0.25) is 4.90 Å². The normalized spacial score (nSPS) is 14.7. The molecule has 7 heteroatoms. The second kappa shape index (κ2) is 11.9. The summed E-state index contributed by atoms with van der Waals surface area (Å²) >= 11 is 0. The van der Waals surface area contributed by atoms with Gasteiger partial charge in [0, 0.05) is 13.1 Å². The quantitative estimate of drug-likeness (QED) is 0.441. The Labute approximate surface area is 194 Å². The molecule has 0 spiro atoms. The molecule has 0 saturated carbocycles. The highest BCUT2D eigenvalue weighted by Crippen LogP contribution is 2.29. The van der Waals surface area contributed by atoms with E-state index in [0.29, 0.717) is 18.1 Å². The van der Waals surface area contributed by atoms with Gasteiger partial charge >= 0.3 is 0 Å². The summed E-state index contributed by atoms with van der Waals surface area (Å²) in [6.45, 7) is 4.12. The number of ether oxygens (including phenoxy) is 2. The lowest BCUT2D eigenvalue weighted by molar-refractivity contribution is 0.209. The van der Waals surface area contributed by atoms with E-state index >= 15 is 0 Å². The van der Waals surface area contributed by atoms with E-state index in [4.69, 9.17) is 13.9 Å². The Kier molecular flexibility index (Phi) is 8.97. The first-order valence-electron chi connectivity index (χ1n) is 10.8. The average Bonchev–Trinajstić information content (AvgIpc) is 3.51. The summed E-state index contributed by atoms with van der Waals surface area (Å²) in [6, 6.07) is 16.5. The highest BCUT2D eigenvalue weighted by atomic mass is 35.5. The molecule has 0 bridgehead atoms. The lowest BCUT2D eigenvalue weighted by Gasteiger charge is -2.26. The maximum Gasteiger partial charge on any atom is 0.161 e. The third-order valence-electron chi connectivity index (χ3n) is 5.66. The van der Waals surface area contributed by atoms with Crippen molar-refractivity contribution >= 4 is 12.4 Å². The second-order valence-electron chi connectivity index (χ2n) is 7.81. The van der Waals surface area contributed by atoms with Gasteiger partial charge in [-0.2, -0.15) is 0 Å². The van der Waals surface area contributed by atoms with Crippen molar-refractivity contribution < 1.29 is 18.3 Å². The standard InChI is InChI=1S/C25H29FN2O3.ClH/c1-29-25-15-20(8-11-24(25)31-18-19-6-9-21(26)10-7-19)16-27-17-22(23-5-4-14-30-23)28-12-2-3-13-28;/h4-11,14-15,22,27H,2-3,12-13,16-18H2,1H3;1H. The SMILES string of the molecule is COc1cc(CNCC(c2ccco2)N2CCCC2)ccc1OCc1ccc(F)cc1.Cl. The van der Waals surface area contributed by atoms with Crippen LogP contribution in [0.2, 0.25) is 0 Å². The van der Waals surface area contributed by atoms with Crippen molar-refractivity contribution in [1.82, 2.24) is 10.2 Å². The lowest BCUT2D eigenvalue weighted by atomic mass is 10.1. The van der Waals surface area contributed by atoms with Crippen LogP contribution < -0.4 is 14.8 Å². The van der Waals surface area contributed by atoms with Crippen LogP contribution in [0.15, 0.2) is 65.3 Å². The molecular formula is C25H30ClFN2O3. The Morgan fingerprint density at radius 3 is 2.47 bits per heavy atom. The maximum atomic E-state index is 13.1. The van der Waals surface area contributed by atoms with Crippen molar-refractivity contribution in [2.75, 3.05) is 26.7 Å². The van der Waals surface area contributed by atoms with Crippen LogP contribution in [0.3, 0.4) is 0 Å². The molecule has 1 saturated heterocycles. The fraction of sp³-hybridized carbons (Fsp3) is 0.360. The fourth-order valence-electron chi connectivity index (χ4n) is 3.98. The fourth-order valence-corrected chi connectivity index (χ4v) is 3.98. The first kappa shape index (κ1) is 24.1. The Balaban J connectivity index is 0.00000289. The largest absolute Gasteiger partial charge is 0.493 e. The van der Waals surface area contributed by atoms with E-state index in [2.05, 4.69) is 16.3 Å². The number of nitrogens with zero attached hydrogens (tertiary/aromatic N) is 1. The number of halogens is 2. The number of nitrogens with one attached hydrogen (secondary N) is 1. The van der Waals surface area contributed by atoms with E-state index in [1.807, 2.05) is 24.3 Å². The molecule has 0 amide bonds. The van der Waals surface area contributed by atoms with E-state index in [1.165, 1.54) is 25.0 Å². The highest BCUT2D eigenvalue weighted by Gasteiger charge is 2.25. The monoisotopic (exact) mass is 460 g/mol. The molecule has 4 rings (SSSR count). The molecule has 0 aliphatic carbocycles. The molecule has 1 atom stereocenters. The molecule has 1 aliphatic heterocycles. The van der Waals surface area contributed by atoms with Crippen molar-refractivity contribution in [2.45, 2.75) is 32.0 Å². The van der Waals surface area contributed by atoms with Gasteiger partial charge in [-0.25, -0.2) is 4.39 Å². The van der Waals surface area contributed by atoms with Crippen LogP contribution in [-0.4, -0.2) is 31.6 Å². The highest BCUT2D eigenvalue weighted by molar-refractivity contribution is 5.85. The molecule has 1 unspecified atom stereocenters. The molecule has 5 nitrogen and oxygen atoms in total. The van der Waals surface area contributed by atoms with Gasteiger partial charge in [0.1, 0.15) is 18.2 Å². The van der Waals surface area contributed by atoms with E-state index in [1.54, 1.807) is 25.5 Å². The van der Waals surface area contributed by atoms with Crippen LogP contribution in [0.4, 0.5) is 4.39 Å². The zero-order valence-electron chi connectivity index (χ0n) is 18.3. The second-order valence-corrected chi connectivity index (χ2v) is 7.81. The molecule has 1 aliphatic rings. The third kappa shape index (κ3) is 6.25. The molecule has 0 radical (unpaired) electrons. The number of rotatable bonds is 10. The maximum absolute atomic E-state index is 13.1. The molecular weight excluding hydrogens is 431 g/mol. The van der Waals surface area contributed by atoms with Gasteiger partial charge in [-0.1, -0.05) is 18.2 Å². The van der Waals surface area contributed by atoms with Gasteiger partial charge in [0.15, 0.2) is 11.5 Å². The lowest BCUT2D eigenvalue weighted by Crippen LogP contribution is -2.33. The van der Waals surface area contributed by atoms with Gasteiger partial charge in [0.2, 0.25) is 0 Å². The summed E-state index contributed by atoms with van der Waals surface area (Å²) in [4.78, 5) is 2.48. The van der Waals surface area contributed by atoms with Gasteiger partial charge in [0.05, 0.1) is 19.4 Å². The van der Waals surface area contributed by atoms with Gasteiger partial charge in [0.25, 0.3) is 0 Å². The van der Waals surface area contributed by atoms with Gasteiger partial charge in [-0.05, 0) is 73.5 Å². The number of benzene rings is 2. The summed E-state index contributed by atoms with van der Waals surface area (Å²) in [5.41, 5.74) is 2.02. The molecule has 2 aromatic carbocycles. The summed E-state index contributed by atoms with van der Waals surface area (Å²) in [5.74, 6) is 2.11. The van der Waals surface area contributed by atoms with Crippen LogP contribution >= 0.6 is 12.4 Å². The molecule has 3 aromatic rings. The topological polar surface area (TPSA) is 46.9 Å². The molecule has 1 fully saturated rings. The number of likely N-dealkylation sites (tertiary alicyclic amines) is 1. The summed E-state index contributed by atoms with van der Waals surface area (Å²) in [5, 5.41) is 3.57. The van der Waals surface area contributed by atoms with Crippen molar-refractivity contribution in [1.29, 1.82) is 0 Å². The summed E-state index contributed by atoms with van der Waals surface area (Å²) in [6.07, 6.45) is 4.23. The molecule has 1 N–H and O–H groups in total. The minimum Gasteiger partial charge on any atom is -0.493 e. The van der Waals surface area contributed by atoms with E-state index < -0.39 is 0 Å². The smallest absolute Gasteiger partial charge is 0.161 e. The number of methoxy groups -OCH3 is 1. The van der Waals surface area contributed by atoms with Gasteiger partial charge < -0.3 is 19.2 Å². The Bertz CT molecular complexity index is 944. The predicted octanol–water partition coefficient (Wildman–Crippen LogP) is 5.35. The third-order valence-corrected chi connectivity index (χ3v) is 5.66. The molecule has 1 aromatic heterocycles. The van der Waals surface area contributed by atoms with Crippen LogP contribution in [0.25, 0.3) is 0 Å². The average molecular weight is 461 g/mol. The molecule has 2 heterocycles. The van der Waals surface area contributed by atoms with E-state index in [9.17, 15) is 4.39 Å². The number of hydrogen-bond acceptors (Lipinski definition) is 5. The Morgan fingerprint density at radius 1 is 1.03 bits per heavy atom. The van der Waals surface area contributed by atoms with Gasteiger partial charge in [-0.15, -0.1) is 12.4 Å². The van der Waals surface area contributed by atoms with Crippen LogP contribution in [0.1, 0.15) is 35.8 Å². The molecule has 32 heavy (non-hydrogen) atoms. The Morgan fingerprint density at radius 2 is 1.78 bits per heavy atom. The van der Waals surface area contributed by atoms with Crippen LogP contribution in [0, 0.1) is 5.82 Å². The van der Waals surface area contributed by atoms with Crippen molar-refractivity contribution in [3.8, 4) is 11.5 Å². The predicted molar refractivity (Wildman–Crippen MR) is 125 cm³/mol. The molecule has 172 valence electrons. The number of hydrogen-bond donors (Lipinski definition) is 1. The van der Waals surface area contributed by atoms with Crippen LogP contribution in [0.5, 0.6) is 11.5 Å². The van der Waals surface area contributed by atoms with Crippen molar-refractivity contribution in [2.24, 2.45) is 0 Å². The zero-order chi connectivity index (χ0) is 21.5. The Hall–Kier alpha value is -2.54. The van der Waals surface area contributed by atoms with Crippen molar-refractivity contribution in [3.63, 3.8) is 0 Å². The number of furan rings is 1. The minimum atomic E-state index is -0.253. The van der Waals surface area contributed by atoms with E-state index in [0.717, 1.165) is 43.1 Å². The zero-order valence-corrected chi connectivity index (χ0v) is 19.1. The summed E-state index contributed by atoms with van der Waals surface area (Å²) in [7, 11) is 1.64. The van der Waals surface area contributed by atoms with Crippen molar-refractivity contribution in [3.05, 3.63) is 83.6 Å². The van der Waals surface area contributed by atoms with E-state index in [-0.39, 0.29) is 24.3 Å². The van der Waals surface area contributed by atoms with Crippen LogP contribution in [-0.2, 0) is 13.2 Å². The first-order chi connectivity index (χ1) is 15.2.